The zero-order valence-corrected chi connectivity index (χ0v) is 29.3. The average molecular weight is 723 g/mol. The van der Waals surface area contributed by atoms with E-state index in [1.54, 1.807) is 52.9 Å². The zero-order valence-electron chi connectivity index (χ0n) is 24.4. The van der Waals surface area contributed by atoms with Crippen molar-refractivity contribution in [3.63, 3.8) is 0 Å². The van der Waals surface area contributed by atoms with Gasteiger partial charge in [0.05, 0.1) is 43.8 Å². The van der Waals surface area contributed by atoms with E-state index in [1.165, 1.54) is 0 Å². The summed E-state index contributed by atoms with van der Waals surface area (Å²) in [6.07, 6.45) is 5.38. The summed E-state index contributed by atoms with van der Waals surface area (Å²) in [5.74, 6) is -0.00335. The average Bonchev–Trinajstić information content (AvgIpc) is 3.76. The SMILES string of the molecule is CCC(=Cc1sc2ccc3sccc3c2[n+]1CCCS(=O)(=O)O)C=C1Sc2cc(OC)c3ccsc3c2N1CCCS(=O)(=O)[O-]. The highest BCUT2D eigenvalue weighted by molar-refractivity contribution is 8.03. The lowest BCUT2D eigenvalue weighted by Crippen LogP contribution is -2.36. The van der Waals surface area contributed by atoms with Gasteiger partial charge in [-0.3, -0.25) is 4.55 Å². The third-order valence-corrected chi connectivity index (χ3v) is 13.1. The molecule has 238 valence electrons. The van der Waals surface area contributed by atoms with Gasteiger partial charge in [0, 0.05) is 39.8 Å². The Morgan fingerprint density at radius 2 is 1.80 bits per heavy atom. The number of thioether (sulfide) groups is 1. The molecule has 0 aliphatic carbocycles. The molecule has 0 amide bonds. The summed E-state index contributed by atoms with van der Waals surface area (Å²) >= 11 is 6.45. The Morgan fingerprint density at radius 1 is 1.04 bits per heavy atom. The van der Waals surface area contributed by atoms with Crippen LogP contribution in [-0.2, 0) is 26.8 Å². The van der Waals surface area contributed by atoms with Crippen LogP contribution in [0.25, 0.3) is 36.5 Å². The van der Waals surface area contributed by atoms with E-state index in [0.29, 0.717) is 19.5 Å². The molecule has 2 aromatic carbocycles. The lowest BCUT2D eigenvalue weighted by atomic mass is 10.1. The molecule has 0 fully saturated rings. The number of anilines is 1. The van der Waals surface area contributed by atoms with Crippen LogP contribution < -0.4 is 14.2 Å². The van der Waals surface area contributed by atoms with Crippen molar-refractivity contribution in [3.8, 4) is 5.75 Å². The van der Waals surface area contributed by atoms with Gasteiger partial charge < -0.3 is 14.2 Å². The van der Waals surface area contributed by atoms with E-state index in [2.05, 4.69) is 46.7 Å². The molecular weight excluding hydrogens is 693 g/mol. The number of thiophene rings is 2. The third-order valence-electron chi connectivity index (χ3n) is 7.52. The normalized spacial score (nSPS) is 15.2. The van der Waals surface area contributed by atoms with Gasteiger partial charge in [-0.15, -0.1) is 22.7 Å². The maximum absolute atomic E-state index is 11.5. The highest BCUT2D eigenvalue weighted by Gasteiger charge is 2.30. The lowest BCUT2D eigenvalue weighted by Gasteiger charge is -2.22. The quantitative estimate of drug-likeness (QED) is 0.106. The molecule has 5 aromatic rings. The number of benzene rings is 2. The van der Waals surface area contributed by atoms with Crippen LogP contribution in [0, 0.1) is 0 Å². The van der Waals surface area contributed by atoms with Crippen LogP contribution in [0.1, 0.15) is 31.2 Å². The fourth-order valence-electron chi connectivity index (χ4n) is 5.52. The van der Waals surface area contributed by atoms with E-state index in [-0.39, 0.29) is 18.6 Å². The summed E-state index contributed by atoms with van der Waals surface area (Å²) in [5.41, 5.74) is 3.05. The first-order valence-corrected chi connectivity index (χ1v) is 20.7. The maximum Gasteiger partial charge on any atom is 0.265 e. The smallest absolute Gasteiger partial charge is 0.265 e. The molecule has 45 heavy (non-hydrogen) atoms. The first kappa shape index (κ1) is 32.4. The van der Waals surface area contributed by atoms with Crippen molar-refractivity contribution in [2.24, 2.45) is 0 Å². The van der Waals surface area contributed by atoms with E-state index in [1.807, 2.05) is 22.9 Å². The molecule has 0 radical (unpaired) electrons. The number of aromatic nitrogens is 1. The number of aryl methyl sites for hydroxylation is 1. The Kier molecular flexibility index (Phi) is 9.34. The molecule has 15 heteroatoms. The predicted octanol–water partition coefficient (Wildman–Crippen LogP) is 7.09. The van der Waals surface area contributed by atoms with Crippen LogP contribution in [0.4, 0.5) is 5.69 Å². The summed E-state index contributed by atoms with van der Waals surface area (Å²) in [4.78, 5) is 3.10. The molecule has 0 bridgehead atoms. The molecule has 0 saturated heterocycles. The molecule has 0 unspecified atom stereocenters. The Labute approximate surface area is 277 Å². The van der Waals surface area contributed by atoms with Crippen molar-refractivity contribution in [2.75, 3.05) is 30.1 Å². The topological polar surface area (TPSA) is 128 Å². The molecule has 1 aliphatic rings. The van der Waals surface area contributed by atoms with E-state index < -0.39 is 26.0 Å². The predicted molar refractivity (Wildman–Crippen MR) is 186 cm³/mol. The lowest BCUT2D eigenvalue weighted by molar-refractivity contribution is -0.667. The van der Waals surface area contributed by atoms with Gasteiger partial charge in [0.2, 0.25) is 5.52 Å². The van der Waals surface area contributed by atoms with Crippen LogP contribution in [-0.4, -0.2) is 51.1 Å². The molecular formula is C30H30N2O7S6. The van der Waals surface area contributed by atoms with Gasteiger partial charge in [-0.05, 0) is 65.6 Å². The minimum atomic E-state index is -4.35. The van der Waals surface area contributed by atoms with E-state index >= 15 is 0 Å². The van der Waals surface area contributed by atoms with Crippen molar-refractivity contribution in [3.05, 3.63) is 62.8 Å². The van der Waals surface area contributed by atoms with Gasteiger partial charge in [-0.25, -0.2) is 8.42 Å². The molecule has 0 saturated carbocycles. The van der Waals surface area contributed by atoms with E-state index in [9.17, 15) is 25.9 Å². The van der Waals surface area contributed by atoms with Crippen LogP contribution >= 0.6 is 45.8 Å². The summed E-state index contributed by atoms with van der Waals surface area (Å²) in [7, 11) is -6.80. The Morgan fingerprint density at radius 3 is 2.53 bits per heavy atom. The number of rotatable bonds is 12. The van der Waals surface area contributed by atoms with Crippen molar-refractivity contribution in [1.82, 2.24) is 0 Å². The summed E-state index contributed by atoms with van der Waals surface area (Å²) in [5, 5.41) is 8.01. The summed E-state index contributed by atoms with van der Waals surface area (Å²) in [6.45, 7) is 2.84. The molecule has 3 aromatic heterocycles. The van der Waals surface area contributed by atoms with Gasteiger partial charge in [0.15, 0.2) is 6.54 Å². The molecule has 1 aliphatic heterocycles. The standard InChI is InChI=1S/C30H30N2O7S6/c1-3-19(16-26-31(10-4-14-44(33,34)35)28-21-9-12-40-23(21)6-7-24(28)42-26)17-27-32(11-5-15-45(36,37)38)29-25(43-27)18-22(39-2)20-8-13-41-30(20)29/h6-9,12-13,16-18H,3-5,10-11,14-15H2,1-2H3,(H-,33,34,35,36,37,38). The van der Waals surface area contributed by atoms with Gasteiger partial charge in [0.1, 0.15) is 10.4 Å². The summed E-state index contributed by atoms with van der Waals surface area (Å²) < 4.78 is 77.9. The largest absolute Gasteiger partial charge is 0.748 e. The Bertz CT molecular complexity index is 2190. The van der Waals surface area contributed by atoms with Crippen LogP contribution in [0.3, 0.4) is 0 Å². The number of methoxy groups -OCH3 is 1. The number of fused-ring (bicyclic) bond motifs is 6. The first-order valence-electron chi connectivity index (χ1n) is 14.1. The second-order valence-corrected chi connectivity index (χ2v) is 17.6. The molecule has 6 rings (SSSR count). The van der Waals surface area contributed by atoms with Crippen molar-refractivity contribution in [2.45, 2.75) is 37.6 Å². The number of nitrogens with zero attached hydrogens (tertiary/aromatic N) is 2. The number of ether oxygens (including phenoxy) is 1. The van der Waals surface area contributed by atoms with Crippen molar-refractivity contribution >= 4 is 108 Å². The second kappa shape index (κ2) is 13.0. The van der Waals surface area contributed by atoms with Gasteiger partial charge in [0.25, 0.3) is 15.1 Å². The first-order chi connectivity index (χ1) is 21.5. The molecule has 9 nitrogen and oxygen atoms in total. The maximum atomic E-state index is 11.5. The fourth-order valence-corrected chi connectivity index (χ4v) is 10.7. The highest BCUT2D eigenvalue weighted by atomic mass is 32.2. The van der Waals surface area contributed by atoms with Crippen LogP contribution in [0.5, 0.6) is 5.75 Å². The number of thiazole rings is 1. The monoisotopic (exact) mass is 722 g/mol. The van der Waals surface area contributed by atoms with Gasteiger partial charge in [-0.1, -0.05) is 30.0 Å². The number of allylic oxidation sites excluding steroid dienone is 2. The molecule has 4 heterocycles. The molecule has 1 N–H and O–H groups in total. The number of hydrogen-bond acceptors (Lipinski definition) is 11. The van der Waals surface area contributed by atoms with E-state index in [4.69, 9.17) is 4.74 Å². The minimum absolute atomic E-state index is 0.188. The second-order valence-electron chi connectivity index (χ2n) is 10.5. The van der Waals surface area contributed by atoms with Crippen molar-refractivity contribution < 1.29 is 35.2 Å². The number of hydrogen-bond donors (Lipinski definition) is 1. The molecule has 0 spiro atoms. The highest BCUT2D eigenvalue weighted by Crippen LogP contribution is 2.53. The van der Waals surface area contributed by atoms with Crippen molar-refractivity contribution in [1.29, 1.82) is 0 Å². The van der Waals surface area contributed by atoms with Gasteiger partial charge in [-0.2, -0.15) is 13.0 Å². The Hall–Kier alpha value is -2.50. The Balaban J connectivity index is 1.44. The van der Waals surface area contributed by atoms with Crippen LogP contribution in [0.15, 0.2) is 62.7 Å². The molecule has 0 atom stereocenters. The zero-order chi connectivity index (χ0) is 31.9. The third kappa shape index (κ3) is 6.95. The van der Waals surface area contributed by atoms with Gasteiger partial charge >= 0.3 is 0 Å². The summed E-state index contributed by atoms with van der Waals surface area (Å²) in [6, 6.07) is 10.3. The van der Waals surface area contributed by atoms with E-state index in [0.717, 1.165) is 62.3 Å². The van der Waals surface area contributed by atoms with Crippen LogP contribution in [0.2, 0.25) is 0 Å². The fraction of sp³-hybridized carbons (Fsp3) is 0.300. The minimum Gasteiger partial charge on any atom is -0.748 e.